The zero-order valence-corrected chi connectivity index (χ0v) is 9.09. The Morgan fingerprint density at radius 2 is 1.93 bits per heavy atom. The third-order valence-corrected chi connectivity index (χ3v) is 2.58. The first-order valence-corrected chi connectivity index (χ1v) is 4.93. The van der Waals surface area contributed by atoms with Crippen molar-refractivity contribution in [1.82, 2.24) is 10.1 Å². The van der Waals surface area contributed by atoms with Crippen molar-refractivity contribution in [3.63, 3.8) is 0 Å². The molecule has 6 heteroatoms. The van der Waals surface area contributed by atoms with Crippen LogP contribution in [0.2, 0.25) is 10.0 Å². The molecule has 0 amide bonds. The summed E-state index contributed by atoms with van der Waals surface area (Å²) >= 11 is 12.0. The zero-order chi connectivity index (χ0) is 10.8. The number of nitrogen functional groups attached to an aromatic ring is 1. The van der Waals surface area contributed by atoms with E-state index in [1.807, 2.05) is 0 Å². The molecule has 1 aromatic carbocycles. The van der Waals surface area contributed by atoms with Gasteiger partial charge in [0.2, 0.25) is 5.89 Å². The van der Waals surface area contributed by atoms with Gasteiger partial charge >= 0.3 is 0 Å². The first-order valence-electron chi connectivity index (χ1n) is 4.18. The fraction of sp³-hybridized carbons (Fsp3) is 0.111. The average Bonchev–Trinajstić information content (AvgIpc) is 2.58. The van der Waals surface area contributed by atoms with Crippen molar-refractivity contribution in [2.45, 2.75) is 6.42 Å². The molecule has 0 bridgehead atoms. The van der Waals surface area contributed by atoms with E-state index in [0.29, 0.717) is 22.4 Å². The summed E-state index contributed by atoms with van der Waals surface area (Å²) in [6.45, 7) is 0. The molecule has 0 aliphatic rings. The SMILES string of the molecule is Nc1noc(Cc2c(Cl)cccc2Cl)n1. The number of aromatic nitrogens is 2. The second kappa shape index (κ2) is 4.08. The maximum Gasteiger partial charge on any atom is 0.260 e. The van der Waals surface area contributed by atoms with Gasteiger partial charge in [-0.2, -0.15) is 4.98 Å². The van der Waals surface area contributed by atoms with E-state index in [-0.39, 0.29) is 5.95 Å². The Morgan fingerprint density at radius 3 is 2.47 bits per heavy atom. The van der Waals surface area contributed by atoms with Crippen LogP contribution in [0.1, 0.15) is 11.5 Å². The molecule has 2 rings (SSSR count). The molecule has 0 spiro atoms. The molecule has 4 nitrogen and oxygen atoms in total. The van der Waals surface area contributed by atoms with Crippen LogP contribution in [0.15, 0.2) is 22.7 Å². The van der Waals surface area contributed by atoms with E-state index in [1.165, 1.54) is 0 Å². The Labute approximate surface area is 96.0 Å². The van der Waals surface area contributed by atoms with E-state index in [1.54, 1.807) is 18.2 Å². The first-order chi connectivity index (χ1) is 7.16. The Kier molecular flexibility index (Phi) is 2.79. The topological polar surface area (TPSA) is 64.9 Å². The molecule has 0 saturated carbocycles. The van der Waals surface area contributed by atoms with E-state index in [2.05, 4.69) is 10.1 Å². The summed E-state index contributed by atoms with van der Waals surface area (Å²) in [5.41, 5.74) is 6.08. The van der Waals surface area contributed by atoms with Gasteiger partial charge in [-0.15, -0.1) is 0 Å². The molecule has 1 aromatic heterocycles. The molecule has 0 radical (unpaired) electrons. The summed E-state index contributed by atoms with van der Waals surface area (Å²) in [6.07, 6.45) is 0.378. The predicted octanol–water partition coefficient (Wildman–Crippen LogP) is 2.55. The van der Waals surface area contributed by atoms with E-state index in [0.717, 1.165) is 5.56 Å². The van der Waals surface area contributed by atoms with Crippen LogP contribution in [0.25, 0.3) is 0 Å². The highest BCUT2D eigenvalue weighted by atomic mass is 35.5. The minimum atomic E-state index is 0.105. The predicted molar refractivity (Wildman–Crippen MR) is 58.0 cm³/mol. The van der Waals surface area contributed by atoms with Gasteiger partial charge in [-0.1, -0.05) is 29.3 Å². The number of anilines is 1. The Balaban J connectivity index is 2.31. The van der Waals surface area contributed by atoms with Gasteiger partial charge in [0.05, 0.1) is 6.42 Å². The van der Waals surface area contributed by atoms with Crippen molar-refractivity contribution in [2.75, 3.05) is 5.73 Å². The summed E-state index contributed by atoms with van der Waals surface area (Å²) in [7, 11) is 0. The van der Waals surface area contributed by atoms with Crippen LogP contribution in [-0.2, 0) is 6.42 Å². The van der Waals surface area contributed by atoms with Crippen molar-refractivity contribution in [3.05, 3.63) is 39.7 Å². The second-order valence-corrected chi connectivity index (χ2v) is 3.74. The van der Waals surface area contributed by atoms with Crippen molar-refractivity contribution < 1.29 is 4.52 Å². The molecule has 0 aliphatic carbocycles. The Morgan fingerprint density at radius 1 is 1.27 bits per heavy atom. The zero-order valence-electron chi connectivity index (χ0n) is 7.58. The summed E-state index contributed by atoms with van der Waals surface area (Å²) in [5.74, 6) is 0.496. The molecular weight excluding hydrogens is 237 g/mol. The van der Waals surface area contributed by atoms with Gasteiger partial charge in [0, 0.05) is 10.0 Å². The van der Waals surface area contributed by atoms with Gasteiger partial charge in [-0.3, -0.25) is 0 Å². The monoisotopic (exact) mass is 243 g/mol. The molecule has 0 aliphatic heterocycles. The molecule has 2 N–H and O–H groups in total. The van der Waals surface area contributed by atoms with Crippen LogP contribution in [-0.4, -0.2) is 10.1 Å². The molecular formula is C9H7Cl2N3O. The smallest absolute Gasteiger partial charge is 0.260 e. The standard InChI is InChI=1S/C9H7Cl2N3O/c10-6-2-1-3-7(11)5(6)4-8-13-9(12)14-15-8/h1-3H,4H2,(H2,12,14). The van der Waals surface area contributed by atoms with Crippen LogP contribution in [0, 0.1) is 0 Å². The van der Waals surface area contributed by atoms with Gasteiger partial charge in [-0.05, 0) is 22.9 Å². The van der Waals surface area contributed by atoms with Gasteiger partial charge < -0.3 is 10.3 Å². The van der Waals surface area contributed by atoms with E-state index < -0.39 is 0 Å². The number of halogens is 2. The van der Waals surface area contributed by atoms with Gasteiger partial charge in [0.15, 0.2) is 0 Å². The number of nitrogens with two attached hydrogens (primary N) is 1. The van der Waals surface area contributed by atoms with Crippen molar-refractivity contribution in [3.8, 4) is 0 Å². The molecule has 15 heavy (non-hydrogen) atoms. The van der Waals surface area contributed by atoms with E-state index >= 15 is 0 Å². The number of hydrogen-bond donors (Lipinski definition) is 1. The third kappa shape index (κ3) is 2.22. The summed E-state index contributed by atoms with van der Waals surface area (Å²) in [4.78, 5) is 3.87. The Hall–Kier alpha value is -1.26. The number of benzene rings is 1. The maximum atomic E-state index is 5.98. The molecule has 0 fully saturated rings. The van der Waals surface area contributed by atoms with Crippen molar-refractivity contribution in [1.29, 1.82) is 0 Å². The minimum absolute atomic E-state index is 0.105. The van der Waals surface area contributed by atoms with Crippen molar-refractivity contribution in [2.24, 2.45) is 0 Å². The highest BCUT2D eigenvalue weighted by molar-refractivity contribution is 6.36. The molecule has 78 valence electrons. The van der Waals surface area contributed by atoms with Gasteiger partial charge in [0.1, 0.15) is 0 Å². The fourth-order valence-corrected chi connectivity index (χ4v) is 1.72. The Bertz CT molecular complexity index is 464. The number of hydrogen-bond acceptors (Lipinski definition) is 4. The molecule has 0 unspecified atom stereocenters. The highest BCUT2D eigenvalue weighted by Gasteiger charge is 2.10. The van der Waals surface area contributed by atoms with Gasteiger partial charge in [-0.25, -0.2) is 0 Å². The lowest BCUT2D eigenvalue weighted by Gasteiger charge is -2.02. The maximum absolute atomic E-state index is 5.98. The minimum Gasteiger partial charge on any atom is -0.365 e. The van der Waals surface area contributed by atoms with Crippen LogP contribution in [0.3, 0.4) is 0 Å². The molecule has 1 heterocycles. The van der Waals surface area contributed by atoms with Gasteiger partial charge in [0.25, 0.3) is 5.95 Å². The highest BCUT2D eigenvalue weighted by Crippen LogP contribution is 2.26. The molecule has 0 atom stereocenters. The third-order valence-electron chi connectivity index (χ3n) is 1.87. The van der Waals surface area contributed by atoms with Crippen LogP contribution < -0.4 is 5.73 Å². The lowest BCUT2D eigenvalue weighted by atomic mass is 10.1. The molecule has 0 saturated heterocycles. The first kappa shape index (κ1) is 10.3. The fourth-order valence-electron chi connectivity index (χ4n) is 1.19. The van der Waals surface area contributed by atoms with Crippen LogP contribution >= 0.6 is 23.2 Å². The summed E-state index contributed by atoms with van der Waals surface area (Å²) in [6, 6.07) is 5.28. The van der Waals surface area contributed by atoms with E-state index in [9.17, 15) is 0 Å². The lowest BCUT2D eigenvalue weighted by Crippen LogP contribution is -1.92. The number of rotatable bonds is 2. The lowest BCUT2D eigenvalue weighted by molar-refractivity contribution is 0.386. The second-order valence-electron chi connectivity index (χ2n) is 2.92. The molecule has 2 aromatic rings. The van der Waals surface area contributed by atoms with Crippen molar-refractivity contribution >= 4 is 29.2 Å². The normalized spacial score (nSPS) is 10.5. The summed E-state index contributed by atoms with van der Waals surface area (Å²) < 4.78 is 4.87. The average molecular weight is 244 g/mol. The largest absolute Gasteiger partial charge is 0.365 e. The van der Waals surface area contributed by atoms with Crippen LogP contribution in [0.4, 0.5) is 5.95 Å². The van der Waals surface area contributed by atoms with E-state index in [4.69, 9.17) is 33.5 Å². The quantitative estimate of drug-likeness (QED) is 0.881. The number of nitrogens with zero attached hydrogens (tertiary/aromatic N) is 2. The van der Waals surface area contributed by atoms with Crippen LogP contribution in [0.5, 0.6) is 0 Å². The summed E-state index contributed by atoms with van der Waals surface area (Å²) in [5, 5.41) is 4.62.